The maximum atomic E-state index is 13.4. The highest BCUT2D eigenvalue weighted by molar-refractivity contribution is 6.76. The first-order valence-corrected chi connectivity index (χ1v) is 12.5. The minimum atomic E-state index is -4.75. The summed E-state index contributed by atoms with van der Waals surface area (Å²) in [6, 6.07) is 0.855. The van der Waals surface area contributed by atoms with Gasteiger partial charge >= 0.3 is 12.1 Å². The molecule has 0 bridgehead atoms. The van der Waals surface area contributed by atoms with E-state index >= 15 is 0 Å². The molecule has 0 saturated carbocycles. The van der Waals surface area contributed by atoms with E-state index in [1.807, 2.05) is 0 Å². The standard InChI is InChI=1S/C17H24F3N3O4Si/c1-5-27-14(24)10-22-9-12(17(18,19)20)15-13(22)8-21-23(16(15)25)11-26-6-7-28(2,3)4/h8-9H,5-7,10-11H2,1-4H3. The van der Waals surface area contributed by atoms with Crippen LogP contribution in [0.4, 0.5) is 13.2 Å². The fraction of sp³-hybridized carbons (Fsp3) is 0.588. The van der Waals surface area contributed by atoms with Crippen molar-refractivity contribution in [2.24, 2.45) is 0 Å². The molecule has 0 unspecified atom stereocenters. The predicted octanol–water partition coefficient (Wildman–Crippen LogP) is 3.09. The quantitative estimate of drug-likeness (QED) is 0.373. The molecule has 0 aliphatic carbocycles. The van der Waals surface area contributed by atoms with E-state index in [4.69, 9.17) is 9.47 Å². The number of hydrogen-bond acceptors (Lipinski definition) is 5. The maximum absolute atomic E-state index is 13.4. The Balaban J connectivity index is 2.38. The lowest BCUT2D eigenvalue weighted by Crippen LogP contribution is -2.27. The van der Waals surface area contributed by atoms with Crippen LogP contribution < -0.4 is 5.56 Å². The molecule has 0 aromatic carbocycles. The fourth-order valence-electron chi connectivity index (χ4n) is 2.55. The Morgan fingerprint density at radius 3 is 2.54 bits per heavy atom. The number of carbonyl (C=O) groups excluding carboxylic acids is 1. The molecule has 11 heteroatoms. The normalized spacial score (nSPS) is 12.5. The highest BCUT2D eigenvalue weighted by atomic mass is 28.3. The van der Waals surface area contributed by atoms with E-state index in [1.54, 1.807) is 6.92 Å². The van der Waals surface area contributed by atoms with E-state index in [1.165, 1.54) is 0 Å². The van der Waals surface area contributed by atoms with Crippen molar-refractivity contribution in [3.8, 4) is 0 Å². The van der Waals surface area contributed by atoms with Crippen LogP contribution in [0.5, 0.6) is 0 Å². The zero-order chi connectivity index (χ0) is 21.1. The Labute approximate surface area is 161 Å². The lowest BCUT2D eigenvalue weighted by atomic mass is 10.2. The summed E-state index contributed by atoms with van der Waals surface area (Å²) in [6.45, 7) is 7.90. The molecule has 0 N–H and O–H groups in total. The van der Waals surface area contributed by atoms with Crippen molar-refractivity contribution in [1.29, 1.82) is 0 Å². The van der Waals surface area contributed by atoms with Crippen molar-refractivity contribution in [1.82, 2.24) is 14.3 Å². The Kier molecular flexibility index (Phi) is 6.70. The summed E-state index contributed by atoms with van der Waals surface area (Å²) in [6.07, 6.45) is -2.89. The number of nitrogens with zero attached hydrogens (tertiary/aromatic N) is 3. The van der Waals surface area contributed by atoms with Gasteiger partial charge in [-0.05, 0) is 13.0 Å². The molecule has 0 radical (unpaired) electrons. The van der Waals surface area contributed by atoms with Crippen molar-refractivity contribution < 1.29 is 27.4 Å². The summed E-state index contributed by atoms with van der Waals surface area (Å²) < 4.78 is 52.4. The summed E-state index contributed by atoms with van der Waals surface area (Å²) in [5.74, 6) is -0.702. The third-order valence-corrected chi connectivity index (χ3v) is 5.71. The number of ether oxygens (including phenoxy) is 2. The molecule has 0 aliphatic rings. The van der Waals surface area contributed by atoms with Gasteiger partial charge in [-0.1, -0.05) is 19.6 Å². The molecule has 2 aromatic heterocycles. The Morgan fingerprint density at radius 1 is 1.29 bits per heavy atom. The zero-order valence-electron chi connectivity index (χ0n) is 16.3. The van der Waals surface area contributed by atoms with E-state index in [-0.39, 0.29) is 18.9 Å². The first-order chi connectivity index (χ1) is 12.9. The third kappa shape index (κ3) is 5.44. The van der Waals surface area contributed by atoms with Gasteiger partial charge in [-0.25, -0.2) is 4.68 Å². The Hall–Kier alpha value is -2.14. The lowest BCUT2D eigenvalue weighted by molar-refractivity contribution is -0.144. The number of halogens is 3. The molecule has 0 fully saturated rings. The molecule has 0 aliphatic heterocycles. The van der Waals surface area contributed by atoms with Crippen molar-refractivity contribution in [2.45, 2.75) is 52.1 Å². The number of aromatic nitrogens is 3. The highest BCUT2D eigenvalue weighted by Gasteiger charge is 2.36. The van der Waals surface area contributed by atoms with Gasteiger partial charge in [0, 0.05) is 20.9 Å². The molecule has 0 spiro atoms. The SMILES string of the molecule is CCOC(=O)Cn1cc(C(F)(F)F)c2c(=O)n(COCC[Si](C)(C)C)ncc21. The average molecular weight is 419 g/mol. The van der Waals surface area contributed by atoms with Gasteiger partial charge in [0.05, 0.1) is 29.3 Å². The van der Waals surface area contributed by atoms with Gasteiger partial charge in [0.2, 0.25) is 0 Å². The fourth-order valence-corrected chi connectivity index (χ4v) is 3.31. The monoisotopic (exact) mass is 419 g/mol. The van der Waals surface area contributed by atoms with Crippen LogP contribution in [0.25, 0.3) is 10.9 Å². The largest absolute Gasteiger partial charge is 0.465 e. The zero-order valence-corrected chi connectivity index (χ0v) is 17.3. The second-order valence-corrected chi connectivity index (χ2v) is 13.2. The third-order valence-electron chi connectivity index (χ3n) is 4.01. The van der Waals surface area contributed by atoms with Crippen LogP contribution in [0.3, 0.4) is 0 Å². The molecule has 0 amide bonds. The second-order valence-electron chi connectivity index (χ2n) is 7.53. The van der Waals surface area contributed by atoms with Crippen LogP contribution in [0.1, 0.15) is 12.5 Å². The van der Waals surface area contributed by atoms with Crippen LogP contribution in [-0.2, 0) is 33.7 Å². The van der Waals surface area contributed by atoms with Gasteiger partial charge in [-0.2, -0.15) is 18.3 Å². The van der Waals surface area contributed by atoms with Gasteiger partial charge in [-0.15, -0.1) is 0 Å². The molecule has 2 heterocycles. The predicted molar refractivity (Wildman–Crippen MR) is 99.7 cm³/mol. The van der Waals surface area contributed by atoms with Crippen LogP contribution in [0.15, 0.2) is 17.2 Å². The average Bonchev–Trinajstić information content (AvgIpc) is 2.92. The second kappa shape index (κ2) is 8.48. The van der Waals surface area contributed by atoms with Crippen molar-refractivity contribution >= 4 is 24.9 Å². The summed E-state index contributed by atoms with van der Waals surface area (Å²) in [5, 5.41) is 3.36. The molecule has 2 aromatic rings. The van der Waals surface area contributed by atoms with E-state index in [0.29, 0.717) is 6.61 Å². The molecule has 28 heavy (non-hydrogen) atoms. The van der Waals surface area contributed by atoms with Crippen molar-refractivity contribution in [3.05, 3.63) is 28.3 Å². The molecule has 7 nitrogen and oxygen atoms in total. The van der Waals surface area contributed by atoms with Crippen LogP contribution in [-0.4, -0.2) is 41.6 Å². The topological polar surface area (TPSA) is 75.3 Å². The summed E-state index contributed by atoms with van der Waals surface area (Å²) in [5.41, 5.74) is -2.11. The van der Waals surface area contributed by atoms with Crippen molar-refractivity contribution in [3.63, 3.8) is 0 Å². The lowest BCUT2D eigenvalue weighted by Gasteiger charge is -2.15. The van der Waals surface area contributed by atoms with Crippen LogP contribution in [0, 0.1) is 0 Å². The maximum Gasteiger partial charge on any atom is 0.418 e. The van der Waals surface area contributed by atoms with Crippen molar-refractivity contribution in [2.75, 3.05) is 13.2 Å². The van der Waals surface area contributed by atoms with Gasteiger partial charge in [0.1, 0.15) is 13.3 Å². The number of hydrogen-bond donors (Lipinski definition) is 0. The molecule has 2 rings (SSSR count). The minimum Gasteiger partial charge on any atom is -0.465 e. The highest BCUT2D eigenvalue weighted by Crippen LogP contribution is 2.34. The first-order valence-electron chi connectivity index (χ1n) is 8.83. The van der Waals surface area contributed by atoms with Crippen LogP contribution in [0.2, 0.25) is 25.7 Å². The summed E-state index contributed by atoms with van der Waals surface area (Å²) >= 11 is 0. The summed E-state index contributed by atoms with van der Waals surface area (Å²) in [4.78, 5) is 24.3. The number of esters is 1. The van der Waals surface area contributed by atoms with E-state index in [2.05, 4.69) is 24.7 Å². The molecule has 156 valence electrons. The Bertz CT molecular complexity index is 900. The molecule has 0 saturated heterocycles. The molecule has 0 atom stereocenters. The number of alkyl halides is 3. The number of rotatable bonds is 8. The van der Waals surface area contributed by atoms with E-state index < -0.39 is 43.3 Å². The number of fused-ring (bicyclic) bond motifs is 1. The van der Waals surface area contributed by atoms with Crippen LogP contribution >= 0.6 is 0 Å². The molecular formula is C17H24F3N3O4Si. The van der Waals surface area contributed by atoms with Gasteiger partial charge < -0.3 is 14.0 Å². The number of carbonyl (C=O) groups is 1. The first kappa shape index (κ1) is 22.1. The smallest absolute Gasteiger partial charge is 0.418 e. The summed E-state index contributed by atoms with van der Waals surface area (Å²) in [7, 11) is -1.33. The van der Waals surface area contributed by atoms with E-state index in [9.17, 15) is 22.8 Å². The van der Waals surface area contributed by atoms with Gasteiger partial charge in [-0.3, -0.25) is 9.59 Å². The van der Waals surface area contributed by atoms with Gasteiger partial charge in [0.15, 0.2) is 0 Å². The Morgan fingerprint density at radius 2 is 1.96 bits per heavy atom. The van der Waals surface area contributed by atoms with Gasteiger partial charge in [0.25, 0.3) is 5.56 Å². The molecular weight excluding hydrogens is 395 g/mol. The minimum absolute atomic E-state index is 0.0799. The van der Waals surface area contributed by atoms with E-state index in [0.717, 1.165) is 27.7 Å².